The second-order valence-electron chi connectivity index (χ2n) is 5.82. The van der Waals surface area contributed by atoms with Gasteiger partial charge in [-0.05, 0) is 42.2 Å². The average Bonchev–Trinajstić information content (AvgIpc) is 3.29. The van der Waals surface area contributed by atoms with Gasteiger partial charge in [-0.2, -0.15) is 5.10 Å². The van der Waals surface area contributed by atoms with Crippen molar-refractivity contribution < 1.29 is 4.79 Å². The van der Waals surface area contributed by atoms with Gasteiger partial charge in [0.05, 0.1) is 10.7 Å². The largest absolute Gasteiger partial charge is 0.309 e. The number of nitrogens with zero attached hydrogens (tertiary/aromatic N) is 3. The van der Waals surface area contributed by atoms with Crippen molar-refractivity contribution >= 4 is 23.3 Å². The number of carbonyl (C=O) groups is 1. The van der Waals surface area contributed by atoms with E-state index in [1.165, 1.54) is 0 Å². The second kappa shape index (κ2) is 6.09. The Morgan fingerprint density at radius 2 is 1.96 bits per heavy atom. The average molecular weight is 339 g/mol. The smallest absolute Gasteiger partial charge is 0.229 e. The number of para-hydroxylation sites is 1. The standard InChI is InChI=1S/C18H15ClN4O/c19-15-3-1-2-4-16(15)23-10-7-17(22-23)21-18(24)14-11-13(14)12-5-8-20-9-6-12/h1-10,13-14H,11H2,(H,21,22,24)/t13-,14+/m0/s1. The van der Waals surface area contributed by atoms with E-state index in [-0.39, 0.29) is 17.7 Å². The zero-order valence-corrected chi connectivity index (χ0v) is 13.5. The molecule has 2 atom stereocenters. The summed E-state index contributed by atoms with van der Waals surface area (Å²) < 4.78 is 1.66. The van der Waals surface area contributed by atoms with Crippen LogP contribution in [-0.2, 0) is 4.79 Å². The van der Waals surface area contributed by atoms with Gasteiger partial charge in [-0.15, -0.1) is 0 Å². The highest BCUT2D eigenvalue weighted by Crippen LogP contribution is 2.47. The van der Waals surface area contributed by atoms with Gasteiger partial charge in [0.2, 0.25) is 5.91 Å². The molecule has 2 heterocycles. The van der Waals surface area contributed by atoms with Gasteiger partial charge in [0.15, 0.2) is 5.82 Å². The molecular formula is C18H15ClN4O. The summed E-state index contributed by atoms with van der Waals surface area (Å²) in [6, 6.07) is 13.1. The number of rotatable bonds is 4. The molecule has 0 saturated heterocycles. The molecule has 0 aliphatic heterocycles. The van der Waals surface area contributed by atoms with E-state index in [1.807, 2.05) is 30.3 Å². The highest BCUT2D eigenvalue weighted by molar-refractivity contribution is 6.32. The van der Waals surface area contributed by atoms with Crippen LogP contribution in [0.25, 0.3) is 5.69 Å². The Balaban J connectivity index is 1.44. The fourth-order valence-electron chi connectivity index (χ4n) is 2.85. The molecule has 1 fully saturated rings. The molecule has 1 saturated carbocycles. The summed E-state index contributed by atoms with van der Waals surface area (Å²) in [7, 11) is 0. The quantitative estimate of drug-likeness (QED) is 0.789. The van der Waals surface area contributed by atoms with Crippen LogP contribution >= 0.6 is 11.6 Å². The summed E-state index contributed by atoms with van der Waals surface area (Å²) in [5.41, 5.74) is 1.94. The van der Waals surface area contributed by atoms with Crippen LogP contribution in [0.3, 0.4) is 0 Å². The maximum Gasteiger partial charge on any atom is 0.229 e. The third-order valence-corrected chi connectivity index (χ3v) is 4.52. The van der Waals surface area contributed by atoms with Crippen molar-refractivity contribution in [1.82, 2.24) is 14.8 Å². The molecular weight excluding hydrogens is 324 g/mol. The molecule has 1 N–H and O–H groups in total. The highest BCUT2D eigenvalue weighted by atomic mass is 35.5. The molecule has 6 heteroatoms. The lowest BCUT2D eigenvalue weighted by Crippen LogP contribution is -2.15. The minimum atomic E-state index is -0.00198. The fourth-order valence-corrected chi connectivity index (χ4v) is 3.07. The molecule has 1 aliphatic carbocycles. The van der Waals surface area contributed by atoms with E-state index in [0.29, 0.717) is 10.8 Å². The topological polar surface area (TPSA) is 59.8 Å². The van der Waals surface area contributed by atoms with Crippen molar-refractivity contribution in [2.45, 2.75) is 12.3 Å². The summed E-state index contributed by atoms with van der Waals surface area (Å²) in [5.74, 6) is 0.804. The number of hydrogen-bond donors (Lipinski definition) is 1. The number of carbonyl (C=O) groups excluding carboxylic acids is 1. The van der Waals surface area contributed by atoms with Gasteiger partial charge >= 0.3 is 0 Å². The van der Waals surface area contributed by atoms with Crippen LogP contribution in [0.5, 0.6) is 0 Å². The summed E-state index contributed by atoms with van der Waals surface area (Å²) >= 11 is 6.17. The molecule has 5 nitrogen and oxygen atoms in total. The lowest BCUT2D eigenvalue weighted by molar-refractivity contribution is -0.117. The molecule has 1 amide bonds. The fraction of sp³-hybridized carbons (Fsp3) is 0.167. The first kappa shape index (κ1) is 14.9. The Morgan fingerprint density at radius 3 is 2.75 bits per heavy atom. The Hall–Kier alpha value is -2.66. The van der Waals surface area contributed by atoms with E-state index in [9.17, 15) is 4.79 Å². The monoisotopic (exact) mass is 338 g/mol. The van der Waals surface area contributed by atoms with Crippen LogP contribution in [0.4, 0.5) is 5.82 Å². The Kier molecular flexibility index (Phi) is 3.78. The number of anilines is 1. The van der Waals surface area contributed by atoms with Gasteiger partial charge < -0.3 is 5.32 Å². The normalized spacial score (nSPS) is 19.0. The van der Waals surface area contributed by atoms with Crippen LogP contribution in [0.1, 0.15) is 17.9 Å². The molecule has 2 aromatic heterocycles. The van der Waals surface area contributed by atoms with Crippen molar-refractivity contribution in [1.29, 1.82) is 0 Å². The third-order valence-electron chi connectivity index (χ3n) is 4.20. The van der Waals surface area contributed by atoms with Gasteiger partial charge in [0, 0.05) is 30.6 Å². The van der Waals surface area contributed by atoms with E-state index in [2.05, 4.69) is 15.4 Å². The number of aromatic nitrogens is 3. The molecule has 0 radical (unpaired) electrons. The van der Waals surface area contributed by atoms with E-state index in [1.54, 1.807) is 35.4 Å². The van der Waals surface area contributed by atoms with Gasteiger partial charge in [-0.25, -0.2) is 4.68 Å². The lowest BCUT2D eigenvalue weighted by Gasteiger charge is -2.04. The Morgan fingerprint density at radius 1 is 1.17 bits per heavy atom. The van der Waals surface area contributed by atoms with Crippen LogP contribution in [0.2, 0.25) is 5.02 Å². The minimum absolute atomic E-state index is 0.00113. The van der Waals surface area contributed by atoms with Crippen LogP contribution < -0.4 is 5.32 Å². The van der Waals surface area contributed by atoms with Gasteiger partial charge in [0.25, 0.3) is 0 Å². The van der Waals surface area contributed by atoms with E-state index in [4.69, 9.17) is 11.6 Å². The highest BCUT2D eigenvalue weighted by Gasteiger charge is 2.44. The Labute approximate surface area is 144 Å². The van der Waals surface area contributed by atoms with E-state index < -0.39 is 0 Å². The maximum atomic E-state index is 12.4. The van der Waals surface area contributed by atoms with Crippen molar-refractivity contribution in [3.05, 3.63) is 71.6 Å². The minimum Gasteiger partial charge on any atom is -0.309 e. The first-order chi connectivity index (χ1) is 11.7. The summed E-state index contributed by atoms with van der Waals surface area (Å²) in [6.07, 6.45) is 6.16. The van der Waals surface area contributed by atoms with Crippen molar-refractivity contribution in [3.63, 3.8) is 0 Å². The summed E-state index contributed by atoms with van der Waals surface area (Å²) in [6.45, 7) is 0. The SMILES string of the molecule is O=C(Nc1ccn(-c2ccccc2Cl)n1)[C@@H]1C[C@H]1c1ccncc1. The predicted octanol–water partition coefficient (Wildman–Crippen LogP) is 3.66. The van der Waals surface area contributed by atoms with Crippen molar-refractivity contribution in [2.75, 3.05) is 5.32 Å². The predicted molar refractivity (Wildman–Crippen MR) is 92.3 cm³/mol. The number of halogens is 1. The molecule has 0 bridgehead atoms. The number of nitrogens with one attached hydrogen (secondary N) is 1. The number of amides is 1. The number of benzene rings is 1. The van der Waals surface area contributed by atoms with Crippen molar-refractivity contribution in [3.8, 4) is 5.69 Å². The lowest BCUT2D eigenvalue weighted by atomic mass is 10.1. The molecule has 24 heavy (non-hydrogen) atoms. The first-order valence-electron chi connectivity index (χ1n) is 7.74. The molecule has 1 aromatic carbocycles. The third kappa shape index (κ3) is 2.90. The van der Waals surface area contributed by atoms with Crippen LogP contribution in [0.15, 0.2) is 61.1 Å². The Bertz CT molecular complexity index is 877. The van der Waals surface area contributed by atoms with E-state index in [0.717, 1.165) is 17.7 Å². The second-order valence-corrected chi connectivity index (χ2v) is 6.22. The van der Waals surface area contributed by atoms with Gasteiger partial charge in [-0.1, -0.05) is 23.7 Å². The molecule has 1 aliphatic rings. The van der Waals surface area contributed by atoms with Crippen LogP contribution in [0, 0.1) is 5.92 Å². The summed E-state index contributed by atoms with van der Waals surface area (Å²) in [5, 5.41) is 7.87. The molecule has 3 aromatic rings. The van der Waals surface area contributed by atoms with Crippen molar-refractivity contribution in [2.24, 2.45) is 5.92 Å². The van der Waals surface area contributed by atoms with Crippen LogP contribution in [-0.4, -0.2) is 20.7 Å². The summed E-state index contributed by atoms with van der Waals surface area (Å²) in [4.78, 5) is 16.4. The van der Waals surface area contributed by atoms with E-state index >= 15 is 0 Å². The van der Waals surface area contributed by atoms with Gasteiger partial charge in [0.1, 0.15) is 0 Å². The number of pyridine rings is 1. The zero-order valence-electron chi connectivity index (χ0n) is 12.8. The zero-order chi connectivity index (χ0) is 16.5. The number of hydrogen-bond acceptors (Lipinski definition) is 3. The maximum absolute atomic E-state index is 12.4. The molecule has 4 rings (SSSR count). The molecule has 0 spiro atoms. The first-order valence-corrected chi connectivity index (χ1v) is 8.11. The molecule has 120 valence electrons. The van der Waals surface area contributed by atoms with Gasteiger partial charge in [-0.3, -0.25) is 9.78 Å². The molecule has 0 unspecified atom stereocenters.